The Bertz CT molecular complexity index is 493. The number of hydrogen-bond acceptors (Lipinski definition) is 4. The van der Waals surface area contributed by atoms with E-state index in [1.807, 2.05) is 13.8 Å². The zero-order chi connectivity index (χ0) is 14.2. The van der Waals surface area contributed by atoms with Crippen LogP contribution >= 0.6 is 11.3 Å². The van der Waals surface area contributed by atoms with Gasteiger partial charge in [0.05, 0.1) is 5.69 Å². The molecule has 4 nitrogen and oxygen atoms in total. The molecule has 0 bridgehead atoms. The molecule has 0 saturated carbocycles. The number of rotatable bonds is 9. The monoisotopic (exact) mass is 293 g/mol. The van der Waals surface area contributed by atoms with Gasteiger partial charge in [-0.1, -0.05) is 6.07 Å². The summed E-state index contributed by atoms with van der Waals surface area (Å²) < 4.78 is 7.56. The number of nitrogens with zero attached hydrogens (tertiary/aromatic N) is 2. The van der Waals surface area contributed by atoms with Crippen molar-refractivity contribution >= 4 is 17.3 Å². The van der Waals surface area contributed by atoms with E-state index in [2.05, 4.69) is 38.6 Å². The van der Waals surface area contributed by atoms with Gasteiger partial charge in [-0.05, 0) is 38.1 Å². The topological polar surface area (TPSA) is 39.1 Å². The molecule has 0 unspecified atom stereocenters. The number of nitrogens with one attached hydrogen (secondary N) is 1. The zero-order valence-corrected chi connectivity index (χ0v) is 13.1. The van der Waals surface area contributed by atoms with Crippen molar-refractivity contribution in [1.29, 1.82) is 0 Å². The normalized spacial score (nSPS) is 10.9. The lowest BCUT2D eigenvalue weighted by atomic mass is 10.3. The van der Waals surface area contributed by atoms with Crippen molar-refractivity contribution in [1.82, 2.24) is 9.55 Å². The summed E-state index contributed by atoms with van der Waals surface area (Å²) in [6, 6.07) is 4.27. The van der Waals surface area contributed by atoms with Crippen LogP contribution < -0.4 is 5.32 Å². The molecule has 0 saturated heterocycles. The van der Waals surface area contributed by atoms with Gasteiger partial charge in [-0.3, -0.25) is 0 Å². The molecule has 1 N–H and O–H groups in total. The van der Waals surface area contributed by atoms with Crippen LogP contribution in [0.15, 0.2) is 23.7 Å². The van der Waals surface area contributed by atoms with Crippen molar-refractivity contribution in [2.45, 2.75) is 33.2 Å². The summed E-state index contributed by atoms with van der Waals surface area (Å²) in [5.41, 5.74) is 1.06. The first kappa shape index (κ1) is 15.1. The van der Waals surface area contributed by atoms with Gasteiger partial charge in [0.15, 0.2) is 0 Å². The van der Waals surface area contributed by atoms with Crippen molar-refractivity contribution in [3.05, 3.63) is 34.3 Å². The van der Waals surface area contributed by atoms with Gasteiger partial charge in [0.25, 0.3) is 0 Å². The van der Waals surface area contributed by atoms with Gasteiger partial charge in [0, 0.05) is 37.4 Å². The Balaban J connectivity index is 1.80. The minimum absolute atomic E-state index is 0.787. The van der Waals surface area contributed by atoms with E-state index in [-0.39, 0.29) is 0 Å². The highest BCUT2D eigenvalue weighted by atomic mass is 32.1. The average molecular weight is 293 g/mol. The van der Waals surface area contributed by atoms with Gasteiger partial charge in [0.1, 0.15) is 0 Å². The van der Waals surface area contributed by atoms with Crippen LogP contribution in [-0.2, 0) is 17.7 Å². The number of imidazole rings is 1. The maximum Gasteiger partial charge on any atom is 0.203 e. The third kappa shape index (κ3) is 4.65. The van der Waals surface area contributed by atoms with Gasteiger partial charge in [-0.25, -0.2) is 4.98 Å². The average Bonchev–Trinajstić information content (AvgIpc) is 3.05. The number of anilines is 1. The van der Waals surface area contributed by atoms with E-state index in [1.165, 1.54) is 4.88 Å². The number of aromatic nitrogens is 2. The Morgan fingerprint density at radius 3 is 3.10 bits per heavy atom. The highest BCUT2D eigenvalue weighted by Gasteiger charge is 2.05. The summed E-state index contributed by atoms with van der Waals surface area (Å²) in [5.74, 6) is 0.968. The molecule has 20 heavy (non-hydrogen) atoms. The Hall–Kier alpha value is -1.33. The van der Waals surface area contributed by atoms with Crippen LogP contribution in [0.25, 0.3) is 0 Å². The minimum atomic E-state index is 0.787. The predicted molar refractivity (Wildman–Crippen MR) is 84.6 cm³/mol. The fraction of sp³-hybridized carbons (Fsp3) is 0.533. The van der Waals surface area contributed by atoms with Crippen LogP contribution in [0.4, 0.5) is 5.95 Å². The van der Waals surface area contributed by atoms with Gasteiger partial charge < -0.3 is 14.6 Å². The third-order valence-corrected chi connectivity index (χ3v) is 3.96. The van der Waals surface area contributed by atoms with E-state index in [4.69, 9.17) is 4.74 Å². The molecule has 2 heterocycles. The Morgan fingerprint density at radius 2 is 2.35 bits per heavy atom. The van der Waals surface area contributed by atoms with Crippen LogP contribution in [0.5, 0.6) is 0 Å². The van der Waals surface area contributed by atoms with Crippen LogP contribution in [0.1, 0.15) is 23.9 Å². The molecule has 2 aromatic heterocycles. The highest BCUT2D eigenvalue weighted by Crippen LogP contribution is 2.12. The van der Waals surface area contributed by atoms with Crippen molar-refractivity contribution in [2.75, 3.05) is 25.1 Å². The Labute approximate surface area is 124 Å². The van der Waals surface area contributed by atoms with Crippen molar-refractivity contribution < 1.29 is 4.74 Å². The molecule has 0 fully saturated rings. The summed E-state index contributed by atoms with van der Waals surface area (Å²) in [5, 5.41) is 5.55. The molecular formula is C15H23N3OS. The molecule has 0 aliphatic carbocycles. The summed E-state index contributed by atoms with van der Waals surface area (Å²) >= 11 is 1.80. The maximum atomic E-state index is 5.38. The number of hydrogen-bond donors (Lipinski definition) is 1. The van der Waals surface area contributed by atoms with E-state index >= 15 is 0 Å². The maximum absolute atomic E-state index is 5.38. The standard InChI is InChI=1S/C15H23N3OS/c1-3-19-10-5-9-18-12-13(2)17-15(18)16-8-7-14-6-4-11-20-14/h4,6,11-12H,3,5,7-10H2,1-2H3,(H,16,17). The third-order valence-electron chi connectivity index (χ3n) is 3.02. The fourth-order valence-electron chi connectivity index (χ4n) is 2.09. The molecule has 2 rings (SSSR count). The first-order valence-corrected chi connectivity index (χ1v) is 8.05. The van der Waals surface area contributed by atoms with E-state index < -0.39 is 0 Å². The molecule has 0 aromatic carbocycles. The van der Waals surface area contributed by atoms with Gasteiger partial charge >= 0.3 is 0 Å². The number of thiophene rings is 1. The fourth-order valence-corrected chi connectivity index (χ4v) is 2.80. The zero-order valence-electron chi connectivity index (χ0n) is 12.3. The molecule has 0 aliphatic heterocycles. The van der Waals surface area contributed by atoms with Gasteiger partial charge in [-0.2, -0.15) is 0 Å². The lowest BCUT2D eigenvalue weighted by molar-refractivity contribution is 0.142. The van der Waals surface area contributed by atoms with Crippen LogP contribution in [0.3, 0.4) is 0 Å². The summed E-state index contributed by atoms with van der Waals surface area (Å²) in [7, 11) is 0. The van der Waals surface area contributed by atoms with Crippen LogP contribution in [0, 0.1) is 6.92 Å². The Morgan fingerprint density at radius 1 is 1.45 bits per heavy atom. The molecule has 0 aliphatic rings. The van der Waals surface area contributed by atoms with Gasteiger partial charge in [-0.15, -0.1) is 11.3 Å². The first-order valence-electron chi connectivity index (χ1n) is 7.17. The quantitative estimate of drug-likeness (QED) is 0.721. The van der Waals surface area contributed by atoms with Crippen LogP contribution in [-0.4, -0.2) is 29.3 Å². The molecule has 0 radical (unpaired) electrons. The van der Waals surface area contributed by atoms with Crippen molar-refractivity contribution in [3.8, 4) is 0 Å². The second-order valence-electron chi connectivity index (χ2n) is 4.71. The highest BCUT2D eigenvalue weighted by molar-refractivity contribution is 7.09. The smallest absolute Gasteiger partial charge is 0.203 e. The van der Waals surface area contributed by atoms with Gasteiger partial charge in [0.2, 0.25) is 5.95 Å². The van der Waals surface area contributed by atoms with E-state index in [0.717, 1.165) is 50.8 Å². The van der Waals surface area contributed by atoms with Crippen LogP contribution in [0.2, 0.25) is 0 Å². The number of aryl methyl sites for hydroxylation is 2. The number of ether oxygens (including phenoxy) is 1. The molecule has 0 atom stereocenters. The van der Waals surface area contributed by atoms with E-state index in [0.29, 0.717) is 0 Å². The Kier molecular flexibility index (Phi) is 6.08. The molecule has 0 amide bonds. The minimum Gasteiger partial charge on any atom is -0.382 e. The van der Waals surface area contributed by atoms with Crippen molar-refractivity contribution in [2.24, 2.45) is 0 Å². The van der Waals surface area contributed by atoms with E-state index in [1.54, 1.807) is 11.3 Å². The summed E-state index contributed by atoms with van der Waals surface area (Å²) in [6.45, 7) is 7.52. The second kappa shape index (κ2) is 8.07. The molecule has 5 heteroatoms. The summed E-state index contributed by atoms with van der Waals surface area (Å²) in [4.78, 5) is 5.95. The summed E-state index contributed by atoms with van der Waals surface area (Å²) in [6.07, 6.45) is 4.16. The predicted octanol–water partition coefficient (Wildman–Crippen LogP) is 3.33. The second-order valence-corrected chi connectivity index (χ2v) is 5.74. The largest absolute Gasteiger partial charge is 0.382 e. The lowest BCUT2D eigenvalue weighted by Gasteiger charge is -2.09. The lowest BCUT2D eigenvalue weighted by Crippen LogP contribution is -2.11. The first-order chi connectivity index (χ1) is 9.79. The SMILES string of the molecule is CCOCCCn1cc(C)nc1NCCc1cccs1. The van der Waals surface area contributed by atoms with Crippen molar-refractivity contribution in [3.63, 3.8) is 0 Å². The molecule has 0 spiro atoms. The molecule has 2 aromatic rings. The molecular weight excluding hydrogens is 270 g/mol. The van der Waals surface area contributed by atoms with E-state index in [9.17, 15) is 0 Å². The molecule has 110 valence electrons.